The van der Waals surface area contributed by atoms with Gasteiger partial charge in [-0.3, -0.25) is 4.90 Å². The third-order valence-corrected chi connectivity index (χ3v) is 3.60. The Morgan fingerprint density at radius 2 is 2.25 bits per heavy atom. The number of rotatable bonds is 4. The van der Waals surface area contributed by atoms with Crippen LogP contribution >= 0.6 is 0 Å². The molecule has 0 aliphatic carbocycles. The highest BCUT2D eigenvalue weighted by Crippen LogP contribution is 2.18. The van der Waals surface area contributed by atoms with E-state index in [1.165, 1.54) is 0 Å². The van der Waals surface area contributed by atoms with Gasteiger partial charge in [0.05, 0.1) is 6.54 Å². The topological polar surface area (TPSA) is 54.2 Å². The Hall–Kier alpha value is -1.88. The molecule has 1 atom stereocenters. The Balaban J connectivity index is 1.54. The van der Waals surface area contributed by atoms with Crippen molar-refractivity contribution in [2.45, 2.75) is 32.9 Å². The first kappa shape index (κ1) is 13.1. The molecule has 0 amide bonds. The van der Waals surface area contributed by atoms with Crippen LogP contribution in [0.4, 0.5) is 5.82 Å². The molecule has 5 heteroatoms. The van der Waals surface area contributed by atoms with Crippen molar-refractivity contribution in [3.63, 3.8) is 0 Å². The lowest BCUT2D eigenvalue weighted by Crippen LogP contribution is -2.26. The maximum absolute atomic E-state index is 5.63. The molecule has 106 valence electrons. The van der Waals surface area contributed by atoms with Crippen molar-refractivity contribution >= 4 is 5.82 Å². The molecule has 5 nitrogen and oxygen atoms in total. The Morgan fingerprint density at radius 1 is 1.35 bits per heavy atom. The van der Waals surface area contributed by atoms with Crippen LogP contribution in [0.3, 0.4) is 0 Å². The first-order valence-electron chi connectivity index (χ1n) is 7.02. The van der Waals surface area contributed by atoms with Gasteiger partial charge in [-0.05, 0) is 32.4 Å². The molecule has 0 spiro atoms. The van der Waals surface area contributed by atoms with E-state index >= 15 is 0 Å². The molecule has 3 rings (SSSR count). The van der Waals surface area contributed by atoms with E-state index in [2.05, 4.69) is 26.3 Å². The molecule has 1 fully saturated rings. The highest BCUT2D eigenvalue weighted by molar-refractivity contribution is 5.36. The van der Waals surface area contributed by atoms with Crippen molar-refractivity contribution in [1.82, 2.24) is 14.9 Å². The van der Waals surface area contributed by atoms with Gasteiger partial charge in [0.1, 0.15) is 23.7 Å². The molecule has 2 aromatic rings. The van der Waals surface area contributed by atoms with E-state index in [0.717, 1.165) is 49.1 Å². The highest BCUT2D eigenvalue weighted by atomic mass is 16.3. The molecule has 1 aliphatic heterocycles. The minimum absolute atomic E-state index is 0.445. The molecule has 1 N–H and O–H groups in total. The van der Waals surface area contributed by atoms with Gasteiger partial charge in [-0.1, -0.05) is 0 Å². The second kappa shape index (κ2) is 5.63. The smallest absolute Gasteiger partial charge is 0.129 e. The number of aromatic nitrogens is 2. The number of hydrogen-bond donors (Lipinski definition) is 1. The fourth-order valence-corrected chi connectivity index (χ4v) is 2.63. The standard InChI is InChI=1S/C15H20N4O/c1-11-7-15(17-10-16-11)18-13-5-6-19(8-13)9-14-4-3-12(2)20-14/h3-4,7,10,13H,5-6,8-9H2,1-2H3,(H,16,17,18). The van der Waals surface area contributed by atoms with Gasteiger partial charge in [-0.25, -0.2) is 9.97 Å². The first-order chi connectivity index (χ1) is 9.69. The van der Waals surface area contributed by atoms with Crippen LogP contribution in [0.15, 0.2) is 28.9 Å². The van der Waals surface area contributed by atoms with Crippen molar-refractivity contribution in [3.8, 4) is 0 Å². The molecule has 2 aromatic heterocycles. The van der Waals surface area contributed by atoms with Crippen LogP contribution in [0.1, 0.15) is 23.6 Å². The van der Waals surface area contributed by atoms with Gasteiger partial charge in [-0.2, -0.15) is 0 Å². The lowest BCUT2D eigenvalue weighted by Gasteiger charge is -2.16. The Morgan fingerprint density at radius 3 is 3.00 bits per heavy atom. The summed E-state index contributed by atoms with van der Waals surface area (Å²) in [4.78, 5) is 10.8. The van der Waals surface area contributed by atoms with Crippen LogP contribution in [0.2, 0.25) is 0 Å². The predicted molar refractivity (Wildman–Crippen MR) is 77.5 cm³/mol. The minimum atomic E-state index is 0.445. The summed E-state index contributed by atoms with van der Waals surface area (Å²) in [6, 6.07) is 6.51. The summed E-state index contributed by atoms with van der Waals surface area (Å²) in [6.45, 7) is 6.95. The van der Waals surface area contributed by atoms with E-state index in [9.17, 15) is 0 Å². The van der Waals surface area contributed by atoms with Gasteiger partial charge in [0, 0.05) is 30.9 Å². The minimum Gasteiger partial charge on any atom is -0.465 e. The SMILES string of the molecule is Cc1cc(NC2CCN(Cc3ccc(C)o3)C2)ncn1. The number of hydrogen-bond acceptors (Lipinski definition) is 5. The Kier molecular flexibility index (Phi) is 3.69. The van der Waals surface area contributed by atoms with Gasteiger partial charge >= 0.3 is 0 Å². The zero-order valence-corrected chi connectivity index (χ0v) is 12.0. The van der Waals surface area contributed by atoms with E-state index < -0.39 is 0 Å². The van der Waals surface area contributed by atoms with Gasteiger partial charge < -0.3 is 9.73 Å². The fourth-order valence-electron chi connectivity index (χ4n) is 2.63. The fraction of sp³-hybridized carbons (Fsp3) is 0.467. The average Bonchev–Trinajstić information content (AvgIpc) is 3.00. The maximum Gasteiger partial charge on any atom is 0.129 e. The molecular formula is C15H20N4O. The molecule has 3 heterocycles. The van der Waals surface area contributed by atoms with Gasteiger partial charge in [0.2, 0.25) is 0 Å². The van der Waals surface area contributed by atoms with Crippen molar-refractivity contribution in [1.29, 1.82) is 0 Å². The summed E-state index contributed by atoms with van der Waals surface area (Å²) in [5.41, 5.74) is 0.989. The largest absolute Gasteiger partial charge is 0.465 e. The summed E-state index contributed by atoms with van der Waals surface area (Å²) in [7, 11) is 0. The van der Waals surface area contributed by atoms with Crippen LogP contribution in [-0.4, -0.2) is 34.0 Å². The summed E-state index contributed by atoms with van der Waals surface area (Å²) in [6.07, 6.45) is 2.73. The third kappa shape index (κ3) is 3.17. The quantitative estimate of drug-likeness (QED) is 0.926. The molecule has 1 aliphatic rings. The second-order valence-electron chi connectivity index (χ2n) is 5.42. The summed E-state index contributed by atoms with van der Waals surface area (Å²) >= 11 is 0. The third-order valence-electron chi connectivity index (χ3n) is 3.60. The normalized spacial score (nSPS) is 19.4. The van der Waals surface area contributed by atoms with Crippen LogP contribution in [0.5, 0.6) is 0 Å². The van der Waals surface area contributed by atoms with E-state index in [-0.39, 0.29) is 0 Å². The van der Waals surface area contributed by atoms with Crippen LogP contribution in [-0.2, 0) is 6.54 Å². The van der Waals surface area contributed by atoms with Crippen molar-refractivity contribution < 1.29 is 4.42 Å². The number of furan rings is 1. The van der Waals surface area contributed by atoms with E-state index in [0.29, 0.717) is 6.04 Å². The number of aryl methyl sites for hydroxylation is 2. The maximum atomic E-state index is 5.63. The van der Waals surface area contributed by atoms with Crippen LogP contribution < -0.4 is 5.32 Å². The lowest BCUT2D eigenvalue weighted by atomic mass is 10.2. The summed E-state index contributed by atoms with van der Waals surface area (Å²) in [5.74, 6) is 2.93. The molecule has 1 unspecified atom stereocenters. The molecule has 0 bridgehead atoms. The van der Waals surface area contributed by atoms with E-state index in [1.807, 2.05) is 26.0 Å². The van der Waals surface area contributed by atoms with Gasteiger partial charge in [0.15, 0.2) is 0 Å². The van der Waals surface area contributed by atoms with Crippen molar-refractivity contribution in [2.75, 3.05) is 18.4 Å². The average molecular weight is 272 g/mol. The zero-order valence-electron chi connectivity index (χ0n) is 12.0. The zero-order chi connectivity index (χ0) is 13.9. The number of likely N-dealkylation sites (tertiary alicyclic amines) is 1. The van der Waals surface area contributed by atoms with Crippen LogP contribution in [0, 0.1) is 13.8 Å². The predicted octanol–water partition coefficient (Wildman–Crippen LogP) is 2.37. The molecular weight excluding hydrogens is 252 g/mol. The van der Waals surface area contributed by atoms with Crippen molar-refractivity contribution in [3.05, 3.63) is 41.7 Å². The molecule has 0 aromatic carbocycles. The van der Waals surface area contributed by atoms with Gasteiger partial charge in [-0.15, -0.1) is 0 Å². The van der Waals surface area contributed by atoms with Gasteiger partial charge in [0.25, 0.3) is 0 Å². The number of nitrogens with zero attached hydrogens (tertiary/aromatic N) is 3. The second-order valence-corrected chi connectivity index (χ2v) is 5.42. The van der Waals surface area contributed by atoms with E-state index in [4.69, 9.17) is 4.42 Å². The number of anilines is 1. The summed E-state index contributed by atoms with van der Waals surface area (Å²) in [5, 5.41) is 3.48. The van der Waals surface area contributed by atoms with E-state index in [1.54, 1.807) is 6.33 Å². The molecule has 1 saturated heterocycles. The summed E-state index contributed by atoms with van der Waals surface area (Å²) < 4.78 is 5.63. The highest BCUT2D eigenvalue weighted by Gasteiger charge is 2.23. The molecule has 20 heavy (non-hydrogen) atoms. The number of nitrogens with one attached hydrogen (secondary N) is 1. The molecule has 0 saturated carbocycles. The van der Waals surface area contributed by atoms with Crippen molar-refractivity contribution in [2.24, 2.45) is 0 Å². The monoisotopic (exact) mass is 272 g/mol. The Bertz CT molecular complexity index is 581. The first-order valence-corrected chi connectivity index (χ1v) is 7.02. The lowest BCUT2D eigenvalue weighted by molar-refractivity contribution is 0.292. The molecule has 0 radical (unpaired) electrons. The van der Waals surface area contributed by atoms with Crippen LogP contribution in [0.25, 0.3) is 0 Å². The Labute approximate surface area is 119 Å².